The minimum absolute atomic E-state index is 0.914. The predicted molar refractivity (Wildman–Crippen MR) is 57.7 cm³/mol. The summed E-state index contributed by atoms with van der Waals surface area (Å²) < 4.78 is 1.76. The van der Waals surface area contributed by atoms with Crippen LogP contribution in [-0.4, -0.2) is 15.0 Å². The van der Waals surface area contributed by atoms with Crippen molar-refractivity contribution in [2.45, 2.75) is 6.92 Å². The van der Waals surface area contributed by atoms with Crippen LogP contribution in [0.3, 0.4) is 0 Å². The summed E-state index contributed by atoms with van der Waals surface area (Å²) in [6, 6.07) is 7.88. The average Bonchev–Trinajstić information content (AvgIpc) is 2.63. The van der Waals surface area contributed by atoms with Gasteiger partial charge in [0, 0.05) is 6.20 Å². The van der Waals surface area contributed by atoms with Crippen molar-refractivity contribution in [3.05, 3.63) is 42.5 Å². The van der Waals surface area contributed by atoms with E-state index in [0.29, 0.717) is 0 Å². The quantitative estimate of drug-likeness (QED) is 0.673. The van der Waals surface area contributed by atoms with E-state index in [0.717, 1.165) is 11.0 Å². The number of rotatable bonds is 2. The molecular formula is C11H11N3. The number of hydrogen-bond donors (Lipinski definition) is 0. The second kappa shape index (κ2) is 3.87. The third kappa shape index (κ3) is 1.57. The van der Waals surface area contributed by atoms with Gasteiger partial charge in [-0.15, -0.1) is 5.10 Å². The van der Waals surface area contributed by atoms with Crippen LogP contribution in [0.5, 0.6) is 0 Å². The Morgan fingerprint density at radius 1 is 1.21 bits per heavy atom. The molecule has 14 heavy (non-hydrogen) atoms. The molecule has 1 aromatic heterocycles. The van der Waals surface area contributed by atoms with Gasteiger partial charge in [0.2, 0.25) is 0 Å². The van der Waals surface area contributed by atoms with Crippen molar-refractivity contribution in [1.29, 1.82) is 0 Å². The lowest BCUT2D eigenvalue weighted by Gasteiger charge is -1.90. The Bertz CT molecular complexity index is 480. The second-order valence-corrected chi connectivity index (χ2v) is 2.89. The second-order valence-electron chi connectivity index (χ2n) is 2.89. The van der Waals surface area contributed by atoms with Crippen LogP contribution in [-0.2, 0) is 0 Å². The molecule has 0 aliphatic heterocycles. The van der Waals surface area contributed by atoms with Gasteiger partial charge in [-0.25, -0.2) is 4.68 Å². The number of para-hydroxylation sites is 1. The molecule has 0 atom stereocenters. The van der Waals surface area contributed by atoms with Crippen molar-refractivity contribution >= 4 is 17.2 Å². The first-order valence-corrected chi connectivity index (χ1v) is 4.51. The van der Waals surface area contributed by atoms with Crippen LogP contribution in [0.4, 0.5) is 0 Å². The summed E-state index contributed by atoms with van der Waals surface area (Å²) in [5.41, 5.74) is 1.94. The molecule has 0 radical (unpaired) electrons. The van der Waals surface area contributed by atoms with E-state index in [4.69, 9.17) is 0 Å². The van der Waals surface area contributed by atoms with Crippen molar-refractivity contribution in [1.82, 2.24) is 15.0 Å². The molecule has 1 aromatic carbocycles. The molecule has 0 saturated heterocycles. The predicted octanol–water partition coefficient (Wildman–Crippen LogP) is 2.48. The SMILES string of the molecule is CC=CC=Cn1nnc2ccccc21. The number of allylic oxidation sites excluding steroid dienone is 3. The average molecular weight is 185 g/mol. The van der Waals surface area contributed by atoms with Crippen LogP contribution in [0.15, 0.2) is 42.5 Å². The van der Waals surface area contributed by atoms with Crippen LogP contribution in [0.1, 0.15) is 6.92 Å². The highest BCUT2D eigenvalue weighted by atomic mass is 15.4. The van der Waals surface area contributed by atoms with Gasteiger partial charge >= 0.3 is 0 Å². The zero-order valence-electron chi connectivity index (χ0n) is 7.96. The maximum atomic E-state index is 4.04. The van der Waals surface area contributed by atoms with Crippen molar-refractivity contribution < 1.29 is 0 Å². The molecule has 70 valence electrons. The molecule has 0 fully saturated rings. The lowest BCUT2D eigenvalue weighted by atomic mass is 10.3. The zero-order valence-corrected chi connectivity index (χ0v) is 7.96. The molecule has 0 saturated carbocycles. The van der Waals surface area contributed by atoms with Gasteiger partial charge in [-0.2, -0.15) is 0 Å². The summed E-state index contributed by atoms with van der Waals surface area (Å²) in [6.07, 6.45) is 7.74. The van der Waals surface area contributed by atoms with Gasteiger partial charge in [0.1, 0.15) is 5.52 Å². The largest absolute Gasteiger partial charge is 0.220 e. The first kappa shape index (κ1) is 8.69. The fraction of sp³-hybridized carbons (Fsp3) is 0.0909. The van der Waals surface area contributed by atoms with Gasteiger partial charge in [0.25, 0.3) is 0 Å². The van der Waals surface area contributed by atoms with E-state index < -0.39 is 0 Å². The molecule has 0 aliphatic rings. The Hall–Kier alpha value is -1.90. The Labute approximate surface area is 82.4 Å². The fourth-order valence-corrected chi connectivity index (χ4v) is 1.24. The van der Waals surface area contributed by atoms with Crippen molar-refractivity contribution in [2.75, 3.05) is 0 Å². The molecule has 3 heteroatoms. The van der Waals surface area contributed by atoms with E-state index in [9.17, 15) is 0 Å². The molecule has 2 aromatic rings. The Morgan fingerprint density at radius 2 is 2.07 bits per heavy atom. The fourth-order valence-electron chi connectivity index (χ4n) is 1.24. The number of nitrogens with zero attached hydrogens (tertiary/aromatic N) is 3. The van der Waals surface area contributed by atoms with E-state index in [1.807, 2.05) is 55.6 Å². The van der Waals surface area contributed by atoms with Crippen molar-refractivity contribution in [2.24, 2.45) is 0 Å². The number of benzene rings is 1. The number of hydrogen-bond acceptors (Lipinski definition) is 2. The highest BCUT2D eigenvalue weighted by molar-refractivity contribution is 5.75. The topological polar surface area (TPSA) is 30.7 Å². The van der Waals surface area contributed by atoms with E-state index in [-0.39, 0.29) is 0 Å². The summed E-state index contributed by atoms with van der Waals surface area (Å²) in [6.45, 7) is 1.98. The Balaban J connectivity index is 2.43. The zero-order chi connectivity index (χ0) is 9.80. The molecule has 0 N–H and O–H groups in total. The third-order valence-electron chi connectivity index (χ3n) is 1.91. The van der Waals surface area contributed by atoms with E-state index in [1.54, 1.807) is 4.68 Å². The van der Waals surface area contributed by atoms with E-state index in [2.05, 4.69) is 10.3 Å². The normalized spacial score (nSPS) is 12.1. The summed E-state index contributed by atoms with van der Waals surface area (Å²) in [7, 11) is 0. The maximum absolute atomic E-state index is 4.04. The number of fused-ring (bicyclic) bond motifs is 1. The van der Waals surface area contributed by atoms with E-state index in [1.165, 1.54) is 0 Å². The molecule has 0 bridgehead atoms. The maximum Gasteiger partial charge on any atom is 0.113 e. The highest BCUT2D eigenvalue weighted by Gasteiger charge is 1.98. The van der Waals surface area contributed by atoms with Gasteiger partial charge < -0.3 is 0 Å². The minimum atomic E-state index is 0.914. The molecule has 1 heterocycles. The summed E-state index contributed by atoms with van der Waals surface area (Å²) in [5.74, 6) is 0. The third-order valence-corrected chi connectivity index (χ3v) is 1.91. The van der Waals surface area contributed by atoms with Crippen LogP contribution < -0.4 is 0 Å². The lowest BCUT2D eigenvalue weighted by Crippen LogP contribution is -1.87. The first-order chi connectivity index (χ1) is 6.92. The molecule has 0 unspecified atom stereocenters. The smallest absolute Gasteiger partial charge is 0.113 e. The molecule has 0 aliphatic carbocycles. The van der Waals surface area contributed by atoms with Crippen molar-refractivity contribution in [3.8, 4) is 0 Å². The van der Waals surface area contributed by atoms with Gasteiger partial charge in [0.05, 0.1) is 5.52 Å². The lowest BCUT2D eigenvalue weighted by molar-refractivity contribution is 0.861. The monoisotopic (exact) mass is 185 g/mol. The first-order valence-electron chi connectivity index (χ1n) is 4.51. The summed E-state index contributed by atoms with van der Waals surface area (Å²) >= 11 is 0. The van der Waals surface area contributed by atoms with Gasteiger partial charge in [0.15, 0.2) is 0 Å². The highest BCUT2D eigenvalue weighted by Crippen LogP contribution is 2.09. The number of aromatic nitrogens is 3. The van der Waals surface area contributed by atoms with Crippen LogP contribution in [0.25, 0.3) is 17.2 Å². The van der Waals surface area contributed by atoms with Gasteiger partial charge in [-0.05, 0) is 25.1 Å². The van der Waals surface area contributed by atoms with Crippen LogP contribution >= 0.6 is 0 Å². The van der Waals surface area contributed by atoms with E-state index >= 15 is 0 Å². The summed E-state index contributed by atoms with van der Waals surface area (Å²) in [4.78, 5) is 0. The minimum Gasteiger partial charge on any atom is -0.220 e. The molecule has 0 spiro atoms. The molecule has 0 amide bonds. The molecule has 2 rings (SSSR count). The van der Waals surface area contributed by atoms with Crippen LogP contribution in [0.2, 0.25) is 0 Å². The van der Waals surface area contributed by atoms with Crippen LogP contribution in [0, 0.1) is 0 Å². The summed E-state index contributed by atoms with van der Waals surface area (Å²) in [5, 5.41) is 8.05. The standard InChI is InChI=1S/C11H11N3/c1-2-3-6-9-14-11-8-5-4-7-10(11)12-13-14/h2-9H,1H3. The molecule has 3 nitrogen and oxygen atoms in total. The van der Waals surface area contributed by atoms with Gasteiger partial charge in [-0.3, -0.25) is 0 Å². The molecular weight excluding hydrogens is 174 g/mol. The van der Waals surface area contributed by atoms with Crippen molar-refractivity contribution in [3.63, 3.8) is 0 Å². The van der Waals surface area contributed by atoms with Gasteiger partial charge in [-0.1, -0.05) is 29.5 Å². The Morgan fingerprint density at radius 3 is 2.93 bits per heavy atom. The Kier molecular flexibility index (Phi) is 2.40.